The highest BCUT2D eigenvalue weighted by molar-refractivity contribution is 6.25. The number of anilines is 2. The normalized spacial score (nSPS) is 26.0. The van der Waals surface area contributed by atoms with Gasteiger partial charge in [0.1, 0.15) is 5.52 Å². The number of amides is 4. The second-order valence-corrected chi connectivity index (χ2v) is 14.7. The molecule has 11 nitrogen and oxygen atoms in total. The molecule has 0 spiro atoms. The molecule has 55 heavy (non-hydrogen) atoms. The summed E-state index contributed by atoms with van der Waals surface area (Å²) >= 11 is 0. The van der Waals surface area contributed by atoms with Gasteiger partial charge in [-0.05, 0) is 91.9 Å². The molecule has 1 aromatic heterocycles. The number of phenolic OH excluding ortho intramolecular Hbond substituents is 1. The van der Waals surface area contributed by atoms with E-state index in [1.54, 1.807) is 60.7 Å². The standard InChI is InChI=1S/C44H37N3O8/c1-44-31(20-13-24-21-35(53-2)38(48)36(22-24)54-3)28-18-19-29-37(30(28)23-32(44)41(50)47(43(44)52)26-9-5-4-6-10-26)42(51)46(40(29)49)27-16-14-25(15-17-27)39-45-33-11-7-8-12-34(33)55-39/h4-18,20-22,29-32,37,48H,19,23H2,1-3H3. The molecule has 3 fully saturated rings. The van der Waals surface area contributed by atoms with Crippen LogP contribution in [-0.2, 0) is 19.2 Å². The number of rotatable bonds is 7. The highest BCUT2D eigenvalue weighted by Crippen LogP contribution is 2.61. The van der Waals surface area contributed by atoms with E-state index in [2.05, 4.69) is 4.98 Å². The molecule has 5 aromatic rings. The van der Waals surface area contributed by atoms with Crippen LogP contribution in [0.2, 0.25) is 0 Å². The van der Waals surface area contributed by atoms with Gasteiger partial charge in [-0.25, -0.2) is 9.88 Å². The van der Waals surface area contributed by atoms with Gasteiger partial charge in [-0.3, -0.25) is 24.1 Å². The second kappa shape index (κ2) is 12.8. The van der Waals surface area contributed by atoms with Crippen LogP contribution in [0.3, 0.4) is 0 Å². The van der Waals surface area contributed by atoms with Crippen molar-refractivity contribution in [1.29, 1.82) is 0 Å². The van der Waals surface area contributed by atoms with Gasteiger partial charge < -0.3 is 19.0 Å². The summed E-state index contributed by atoms with van der Waals surface area (Å²) in [5.74, 6) is -3.69. The average molecular weight is 736 g/mol. The molecule has 2 saturated heterocycles. The minimum absolute atomic E-state index is 0.141. The quantitative estimate of drug-likeness (QED) is 0.136. The van der Waals surface area contributed by atoms with Crippen LogP contribution in [0.5, 0.6) is 17.2 Å². The Morgan fingerprint density at radius 1 is 0.818 bits per heavy atom. The molecule has 3 heterocycles. The Morgan fingerprint density at radius 2 is 1.49 bits per heavy atom. The lowest BCUT2D eigenvalue weighted by Crippen LogP contribution is -2.49. The summed E-state index contributed by atoms with van der Waals surface area (Å²) in [6, 6.07) is 26.7. The first kappa shape index (κ1) is 34.3. The van der Waals surface area contributed by atoms with Crippen LogP contribution in [0, 0.1) is 35.0 Å². The Bertz CT molecular complexity index is 2410. The van der Waals surface area contributed by atoms with Crippen LogP contribution in [-0.4, -0.2) is 47.9 Å². The summed E-state index contributed by atoms with van der Waals surface area (Å²) in [5.41, 5.74) is 3.34. The van der Waals surface area contributed by atoms with E-state index in [1.807, 2.05) is 55.5 Å². The molecule has 0 bridgehead atoms. The third kappa shape index (κ3) is 5.13. The fraction of sp³-hybridized carbons (Fsp3) is 0.250. The summed E-state index contributed by atoms with van der Waals surface area (Å²) < 4.78 is 16.7. The van der Waals surface area contributed by atoms with Crippen molar-refractivity contribution >= 4 is 52.2 Å². The maximum atomic E-state index is 14.6. The van der Waals surface area contributed by atoms with Crippen molar-refractivity contribution in [2.24, 2.45) is 35.0 Å². The SMILES string of the molecule is COc1cc(C=CC2C3=CCC4C(=O)N(c5ccc(-c6nc7ccccc7o6)cc5)C(=O)C4C3CC3C(=O)N(c4ccccc4)C(=O)C23C)cc(OC)c1O. The Balaban J connectivity index is 1.09. The number of aromatic nitrogens is 1. The summed E-state index contributed by atoms with van der Waals surface area (Å²) in [7, 11) is 2.89. The zero-order valence-electron chi connectivity index (χ0n) is 30.3. The van der Waals surface area contributed by atoms with Crippen LogP contribution in [0.1, 0.15) is 25.3 Å². The minimum Gasteiger partial charge on any atom is -0.502 e. The first-order valence-corrected chi connectivity index (χ1v) is 18.2. The highest BCUT2D eigenvalue weighted by Gasteiger charge is 2.67. The third-order valence-corrected chi connectivity index (χ3v) is 12.0. The lowest BCUT2D eigenvalue weighted by molar-refractivity contribution is -0.132. The van der Waals surface area contributed by atoms with Crippen molar-refractivity contribution in [2.75, 3.05) is 24.0 Å². The summed E-state index contributed by atoms with van der Waals surface area (Å²) in [6.45, 7) is 1.84. The smallest absolute Gasteiger partial charge is 0.241 e. The Labute approximate surface area is 316 Å². The molecule has 276 valence electrons. The fourth-order valence-electron chi connectivity index (χ4n) is 9.26. The van der Waals surface area contributed by atoms with Crippen molar-refractivity contribution in [3.05, 3.63) is 114 Å². The number of carbonyl (C=O) groups excluding carboxylic acids is 4. The summed E-state index contributed by atoms with van der Waals surface area (Å²) in [5, 5.41) is 10.5. The van der Waals surface area contributed by atoms with E-state index < -0.39 is 35.0 Å². The van der Waals surface area contributed by atoms with E-state index in [1.165, 1.54) is 24.0 Å². The predicted molar refractivity (Wildman–Crippen MR) is 204 cm³/mol. The highest BCUT2D eigenvalue weighted by atomic mass is 16.5. The molecule has 1 saturated carbocycles. The largest absolute Gasteiger partial charge is 0.502 e. The molecule has 9 rings (SSSR count). The average Bonchev–Trinajstić information content (AvgIpc) is 3.81. The van der Waals surface area contributed by atoms with Gasteiger partial charge in [0.05, 0.1) is 48.8 Å². The Kier molecular flexibility index (Phi) is 8.00. The van der Waals surface area contributed by atoms with Gasteiger partial charge in [-0.1, -0.05) is 54.1 Å². The number of ether oxygens (including phenoxy) is 2. The summed E-state index contributed by atoms with van der Waals surface area (Å²) in [4.78, 5) is 64.8. The summed E-state index contributed by atoms with van der Waals surface area (Å²) in [6.07, 6.45) is 6.29. The van der Waals surface area contributed by atoms with Gasteiger partial charge in [-0.15, -0.1) is 0 Å². The fourth-order valence-corrected chi connectivity index (χ4v) is 9.26. The molecule has 2 aliphatic carbocycles. The molecule has 4 amide bonds. The molecule has 4 aromatic carbocycles. The first-order valence-electron chi connectivity index (χ1n) is 18.2. The number of hydrogen-bond donors (Lipinski definition) is 1. The predicted octanol–water partition coefficient (Wildman–Crippen LogP) is 7.20. The number of hydrogen-bond acceptors (Lipinski definition) is 9. The van der Waals surface area contributed by atoms with Crippen molar-refractivity contribution < 1.29 is 38.2 Å². The number of carbonyl (C=O) groups is 4. The van der Waals surface area contributed by atoms with Gasteiger partial charge in [0.2, 0.25) is 35.3 Å². The van der Waals surface area contributed by atoms with Crippen LogP contribution >= 0.6 is 0 Å². The molecule has 1 N–H and O–H groups in total. The Morgan fingerprint density at radius 3 is 2.18 bits per heavy atom. The lowest BCUT2D eigenvalue weighted by Gasteiger charge is -2.47. The van der Waals surface area contributed by atoms with Crippen LogP contribution in [0.4, 0.5) is 11.4 Å². The molecular formula is C44H37N3O8. The molecule has 4 aliphatic rings. The number of imide groups is 2. The van der Waals surface area contributed by atoms with Crippen molar-refractivity contribution in [2.45, 2.75) is 19.8 Å². The number of phenols is 1. The van der Waals surface area contributed by atoms with Gasteiger partial charge in [0, 0.05) is 11.5 Å². The molecular weight excluding hydrogens is 698 g/mol. The number of nitrogens with zero attached hydrogens (tertiary/aromatic N) is 3. The van der Waals surface area contributed by atoms with Gasteiger partial charge in [0.15, 0.2) is 17.1 Å². The number of fused-ring (bicyclic) bond motifs is 5. The Hall–Kier alpha value is -6.49. The number of oxazole rings is 1. The van der Waals surface area contributed by atoms with Gasteiger partial charge in [-0.2, -0.15) is 0 Å². The van der Waals surface area contributed by atoms with Crippen LogP contribution in [0.15, 0.2) is 113 Å². The van der Waals surface area contributed by atoms with E-state index in [-0.39, 0.29) is 47.3 Å². The maximum Gasteiger partial charge on any atom is 0.241 e. The van der Waals surface area contributed by atoms with Crippen molar-refractivity contribution in [3.8, 4) is 28.7 Å². The van der Waals surface area contributed by atoms with E-state index >= 15 is 0 Å². The number of para-hydroxylation sites is 3. The van der Waals surface area contributed by atoms with E-state index in [0.717, 1.165) is 11.1 Å². The number of allylic oxidation sites excluding steroid dienone is 3. The van der Waals surface area contributed by atoms with Gasteiger partial charge >= 0.3 is 0 Å². The molecule has 2 aliphatic heterocycles. The van der Waals surface area contributed by atoms with Crippen LogP contribution in [0.25, 0.3) is 28.6 Å². The zero-order valence-corrected chi connectivity index (χ0v) is 30.3. The number of benzene rings is 4. The number of aromatic hydroxyl groups is 1. The second-order valence-electron chi connectivity index (χ2n) is 14.7. The minimum atomic E-state index is -1.18. The van der Waals surface area contributed by atoms with Gasteiger partial charge in [0.25, 0.3) is 0 Å². The zero-order chi connectivity index (χ0) is 38.2. The number of methoxy groups -OCH3 is 2. The van der Waals surface area contributed by atoms with Crippen molar-refractivity contribution in [3.63, 3.8) is 0 Å². The molecule has 6 atom stereocenters. The van der Waals surface area contributed by atoms with Crippen molar-refractivity contribution in [1.82, 2.24) is 4.98 Å². The monoisotopic (exact) mass is 735 g/mol. The maximum absolute atomic E-state index is 14.6. The molecule has 0 radical (unpaired) electrons. The molecule has 11 heteroatoms. The first-order chi connectivity index (χ1) is 26.6. The topological polar surface area (TPSA) is 139 Å². The third-order valence-electron chi connectivity index (χ3n) is 12.0. The van der Waals surface area contributed by atoms with Crippen LogP contribution < -0.4 is 19.3 Å². The van der Waals surface area contributed by atoms with E-state index in [9.17, 15) is 24.3 Å². The van der Waals surface area contributed by atoms with E-state index in [0.29, 0.717) is 40.4 Å². The molecule has 6 unspecified atom stereocenters. The van der Waals surface area contributed by atoms with E-state index in [4.69, 9.17) is 13.9 Å². The lowest BCUT2D eigenvalue weighted by atomic mass is 9.52.